The molecule has 0 saturated heterocycles. The van der Waals surface area contributed by atoms with Crippen molar-refractivity contribution in [2.45, 2.75) is 38.5 Å². The molecule has 0 spiro atoms. The van der Waals surface area contributed by atoms with Gasteiger partial charge in [-0.05, 0) is 37.0 Å². The minimum absolute atomic E-state index is 0.586. The molecule has 0 radical (unpaired) electrons. The van der Waals surface area contributed by atoms with Crippen molar-refractivity contribution >= 4 is 11.0 Å². The van der Waals surface area contributed by atoms with E-state index in [-0.39, 0.29) is 0 Å². The van der Waals surface area contributed by atoms with E-state index in [2.05, 4.69) is 23.5 Å². The van der Waals surface area contributed by atoms with Crippen molar-refractivity contribution < 1.29 is 13.9 Å². The number of methoxy groups -OCH3 is 2. The summed E-state index contributed by atoms with van der Waals surface area (Å²) in [5.74, 6) is 1.00. The van der Waals surface area contributed by atoms with Crippen LogP contribution in [0.1, 0.15) is 29.7 Å². The van der Waals surface area contributed by atoms with Crippen molar-refractivity contribution in [2.24, 2.45) is 0 Å². The van der Waals surface area contributed by atoms with Crippen LogP contribution in [0.5, 0.6) is 0 Å². The summed E-state index contributed by atoms with van der Waals surface area (Å²) in [6, 6.07) is 7.04. The zero-order valence-corrected chi connectivity index (χ0v) is 12.8. The Morgan fingerprint density at radius 2 is 2.10 bits per heavy atom. The van der Waals surface area contributed by atoms with Gasteiger partial charge in [0.05, 0.1) is 19.8 Å². The smallest absolute Gasteiger partial charge is 0.134 e. The highest BCUT2D eigenvalue weighted by molar-refractivity contribution is 5.83. The average Bonchev–Trinajstić information content (AvgIpc) is 3.27. The summed E-state index contributed by atoms with van der Waals surface area (Å²) < 4.78 is 16.5. The zero-order valence-electron chi connectivity index (χ0n) is 12.8. The standard InChI is InChI=1S/C17H23NO3/c1-19-8-7-12-3-6-16-14(9-12)15(11-20-2)17(21-16)10-18-13-4-5-13/h3,6,9,13,18H,4-5,7-8,10-11H2,1-2H3. The third-order valence-corrected chi connectivity index (χ3v) is 3.95. The van der Waals surface area contributed by atoms with E-state index in [0.29, 0.717) is 12.6 Å². The second kappa shape index (κ2) is 6.60. The van der Waals surface area contributed by atoms with Gasteiger partial charge in [0.25, 0.3) is 0 Å². The number of furan rings is 1. The van der Waals surface area contributed by atoms with Crippen LogP contribution in [0.4, 0.5) is 0 Å². The molecule has 1 aliphatic rings. The van der Waals surface area contributed by atoms with Gasteiger partial charge in [-0.2, -0.15) is 0 Å². The minimum Gasteiger partial charge on any atom is -0.459 e. The SMILES string of the molecule is COCCc1ccc2oc(CNC3CC3)c(COC)c2c1. The van der Waals surface area contributed by atoms with Gasteiger partial charge in [-0.15, -0.1) is 0 Å². The molecule has 2 aromatic rings. The highest BCUT2D eigenvalue weighted by atomic mass is 16.5. The lowest BCUT2D eigenvalue weighted by Gasteiger charge is -2.04. The lowest BCUT2D eigenvalue weighted by molar-refractivity contribution is 0.183. The minimum atomic E-state index is 0.586. The first-order valence-corrected chi connectivity index (χ1v) is 7.56. The first-order chi connectivity index (χ1) is 10.3. The summed E-state index contributed by atoms with van der Waals surface area (Å²) in [6.45, 7) is 2.10. The Labute approximate surface area is 125 Å². The maximum absolute atomic E-state index is 6.02. The summed E-state index contributed by atoms with van der Waals surface area (Å²) in [4.78, 5) is 0. The maximum atomic E-state index is 6.02. The highest BCUT2D eigenvalue weighted by Crippen LogP contribution is 2.29. The molecule has 0 bridgehead atoms. The van der Waals surface area contributed by atoms with Crippen molar-refractivity contribution in [3.63, 3.8) is 0 Å². The molecule has 4 nitrogen and oxygen atoms in total. The van der Waals surface area contributed by atoms with E-state index in [0.717, 1.165) is 36.3 Å². The Balaban J connectivity index is 1.88. The molecule has 0 aliphatic heterocycles. The Morgan fingerprint density at radius 3 is 2.81 bits per heavy atom. The summed E-state index contributed by atoms with van der Waals surface area (Å²) >= 11 is 0. The third-order valence-electron chi connectivity index (χ3n) is 3.95. The molecule has 0 amide bonds. The van der Waals surface area contributed by atoms with Gasteiger partial charge >= 0.3 is 0 Å². The van der Waals surface area contributed by atoms with Crippen LogP contribution in [0, 0.1) is 0 Å². The van der Waals surface area contributed by atoms with E-state index >= 15 is 0 Å². The number of rotatable bonds is 8. The van der Waals surface area contributed by atoms with Crippen LogP contribution in [-0.4, -0.2) is 26.9 Å². The highest BCUT2D eigenvalue weighted by Gasteiger charge is 2.22. The fourth-order valence-corrected chi connectivity index (χ4v) is 2.59. The molecule has 0 atom stereocenters. The summed E-state index contributed by atoms with van der Waals surface area (Å²) in [5.41, 5.74) is 3.37. The second-order valence-corrected chi connectivity index (χ2v) is 5.67. The molecule has 1 aliphatic carbocycles. The van der Waals surface area contributed by atoms with Crippen LogP contribution < -0.4 is 5.32 Å². The number of hydrogen-bond donors (Lipinski definition) is 1. The number of nitrogens with one attached hydrogen (secondary N) is 1. The monoisotopic (exact) mass is 289 g/mol. The number of fused-ring (bicyclic) bond motifs is 1. The first-order valence-electron chi connectivity index (χ1n) is 7.56. The van der Waals surface area contributed by atoms with E-state index in [9.17, 15) is 0 Å². The van der Waals surface area contributed by atoms with Crippen LogP contribution in [0.3, 0.4) is 0 Å². The van der Waals surface area contributed by atoms with Crippen LogP contribution in [0.15, 0.2) is 22.6 Å². The Hall–Kier alpha value is -1.36. The molecule has 1 heterocycles. The molecule has 1 N–H and O–H groups in total. The van der Waals surface area contributed by atoms with Gasteiger partial charge in [0.15, 0.2) is 0 Å². The van der Waals surface area contributed by atoms with Gasteiger partial charge in [0.2, 0.25) is 0 Å². The van der Waals surface area contributed by atoms with E-state index < -0.39 is 0 Å². The van der Waals surface area contributed by atoms with Crippen LogP contribution in [0.25, 0.3) is 11.0 Å². The molecule has 1 aromatic carbocycles. The van der Waals surface area contributed by atoms with Gasteiger partial charge in [-0.1, -0.05) is 6.07 Å². The van der Waals surface area contributed by atoms with E-state index in [1.165, 1.54) is 24.0 Å². The molecule has 114 valence electrons. The van der Waals surface area contributed by atoms with Crippen LogP contribution in [0.2, 0.25) is 0 Å². The molecule has 1 fully saturated rings. The molecule has 4 heteroatoms. The molecule has 0 unspecified atom stereocenters. The molecule has 1 aromatic heterocycles. The molecular formula is C17H23NO3. The lowest BCUT2D eigenvalue weighted by Crippen LogP contribution is -2.15. The largest absolute Gasteiger partial charge is 0.459 e. The van der Waals surface area contributed by atoms with Gasteiger partial charge in [0, 0.05) is 31.2 Å². The van der Waals surface area contributed by atoms with Crippen molar-refractivity contribution in [1.82, 2.24) is 5.32 Å². The lowest BCUT2D eigenvalue weighted by atomic mass is 10.1. The van der Waals surface area contributed by atoms with Crippen molar-refractivity contribution in [3.8, 4) is 0 Å². The molecule has 21 heavy (non-hydrogen) atoms. The van der Waals surface area contributed by atoms with E-state index in [1.807, 2.05) is 0 Å². The summed E-state index contributed by atoms with van der Waals surface area (Å²) in [7, 11) is 3.46. The zero-order chi connectivity index (χ0) is 14.7. The fraction of sp³-hybridized carbons (Fsp3) is 0.529. The molecular weight excluding hydrogens is 266 g/mol. The fourth-order valence-electron chi connectivity index (χ4n) is 2.59. The average molecular weight is 289 g/mol. The molecule has 3 rings (SSSR count). The van der Waals surface area contributed by atoms with Gasteiger partial charge in [-0.3, -0.25) is 0 Å². The normalized spacial score (nSPS) is 15.0. The van der Waals surface area contributed by atoms with Crippen molar-refractivity contribution in [1.29, 1.82) is 0 Å². The number of ether oxygens (including phenoxy) is 2. The molecule has 1 saturated carbocycles. The third kappa shape index (κ3) is 3.46. The first kappa shape index (κ1) is 14.6. The Morgan fingerprint density at radius 1 is 1.24 bits per heavy atom. The van der Waals surface area contributed by atoms with E-state index in [4.69, 9.17) is 13.9 Å². The van der Waals surface area contributed by atoms with Gasteiger partial charge in [0.1, 0.15) is 11.3 Å². The maximum Gasteiger partial charge on any atom is 0.134 e. The number of hydrogen-bond acceptors (Lipinski definition) is 4. The predicted molar refractivity (Wildman–Crippen MR) is 82.4 cm³/mol. The summed E-state index contributed by atoms with van der Waals surface area (Å²) in [6.07, 6.45) is 3.47. The second-order valence-electron chi connectivity index (χ2n) is 5.67. The van der Waals surface area contributed by atoms with Crippen molar-refractivity contribution in [3.05, 3.63) is 35.1 Å². The predicted octanol–water partition coefficient (Wildman–Crippen LogP) is 3.02. The topological polar surface area (TPSA) is 43.6 Å². The quantitative estimate of drug-likeness (QED) is 0.811. The Bertz CT molecular complexity index is 601. The van der Waals surface area contributed by atoms with Crippen LogP contribution in [-0.2, 0) is 29.0 Å². The summed E-state index contributed by atoms with van der Waals surface area (Å²) in [5, 5.41) is 4.68. The van der Waals surface area contributed by atoms with Crippen molar-refractivity contribution in [2.75, 3.05) is 20.8 Å². The van der Waals surface area contributed by atoms with Crippen LogP contribution >= 0.6 is 0 Å². The van der Waals surface area contributed by atoms with Gasteiger partial charge < -0.3 is 19.2 Å². The Kier molecular flexibility index (Phi) is 4.58. The van der Waals surface area contributed by atoms with E-state index in [1.54, 1.807) is 14.2 Å². The van der Waals surface area contributed by atoms with Gasteiger partial charge in [-0.25, -0.2) is 0 Å². The number of benzene rings is 1.